The van der Waals surface area contributed by atoms with Crippen LogP contribution in [0.2, 0.25) is 5.02 Å². The van der Waals surface area contributed by atoms with Crippen LogP contribution in [0, 0.1) is 5.92 Å². The minimum Gasteiger partial charge on any atom is -0.347 e. The number of halogens is 1. The number of anilines is 2. The summed E-state index contributed by atoms with van der Waals surface area (Å²) in [5.41, 5.74) is 1.38. The standard InChI is InChI=1S/C19H18ClN3O3/c20-14-9-7-13(8-10-14)19(26)23-16-4-2-1-3-15(16)22-17(24)11-21-18(25)12-5-6-12/h1-4,7-10,12H,5-6,11H2,(H,21,25)(H,22,24)(H,23,26). The van der Waals surface area contributed by atoms with Gasteiger partial charge in [-0.15, -0.1) is 0 Å². The van der Waals surface area contributed by atoms with Crippen LogP contribution < -0.4 is 16.0 Å². The molecular weight excluding hydrogens is 354 g/mol. The molecule has 134 valence electrons. The van der Waals surface area contributed by atoms with Crippen molar-refractivity contribution in [1.82, 2.24) is 5.32 Å². The molecule has 2 aromatic rings. The molecule has 1 fully saturated rings. The molecule has 0 heterocycles. The largest absolute Gasteiger partial charge is 0.347 e. The van der Waals surface area contributed by atoms with E-state index in [9.17, 15) is 14.4 Å². The lowest BCUT2D eigenvalue weighted by atomic mass is 10.2. The number of carbonyl (C=O) groups is 3. The van der Waals surface area contributed by atoms with E-state index < -0.39 is 0 Å². The number of benzene rings is 2. The van der Waals surface area contributed by atoms with Gasteiger partial charge in [0.25, 0.3) is 5.91 Å². The summed E-state index contributed by atoms with van der Waals surface area (Å²) in [4.78, 5) is 36.0. The summed E-state index contributed by atoms with van der Waals surface area (Å²) >= 11 is 5.83. The third kappa shape index (κ3) is 4.83. The second-order valence-electron chi connectivity index (χ2n) is 6.05. The number of para-hydroxylation sites is 2. The highest BCUT2D eigenvalue weighted by molar-refractivity contribution is 6.30. The number of hydrogen-bond donors (Lipinski definition) is 3. The van der Waals surface area contributed by atoms with Crippen LogP contribution in [0.15, 0.2) is 48.5 Å². The quantitative estimate of drug-likeness (QED) is 0.729. The average molecular weight is 372 g/mol. The summed E-state index contributed by atoms with van der Waals surface area (Å²) in [6, 6.07) is 13.4. The van der Waals surface area contributed by atoms with Gasteiger partial charge in [0.15, 0.2) is 0 Å². The lowest BCUT2D eigenvalue weighted by Gasteiger charge is -2.12. The zero-order valence-corrected chi connectivity index (χ0v) is 14.7. The van der Waals surface area contributed by atoms with E-state index in [0.717, 1.165) is 12.8 Å². The second kappa shape index (κ2) is 8.01. The number of hydrogen-bond acceptors (Lipinski definition) is 3. The lowest BCUT2D eigenvalue weighted by Crippen LogP contribution is -2.33. The summed E-state index contributed by atoms with van der Waals surface area (Å²) < 4.78 is 0. The molecule has 1 aliphatic carbocycles. The Bertz CT molecular complexity index is 832. The van der Waals surface area contributed by atoms with Crippen LogP contribution in [0.25, 0.3) is 0 Å². The van der Waals surface area contributed by atoms with Gasteiger partial charge in [-0.3, -0.25) is 14.4 Å². The molecule has 7 heteroatoms. The first-order valence-electron chi connectivity index (χ1n) is 8.26. The van der Waals surface area contributed by atoms with Gasteiger partial charge in [0, 0.05) is 16.5 Å². The van der Waals surface area contributed by atoms with E-state index in [1.165, 1.54) is 0 Å². The highest BCUT2D eigenvalue weighted by atomic mass is 35.5. The maximum Gasteiger partial charge on any atom is 0.255 e. The van der Waals surface area contributed by atoms with Crippen LogP contribution in [0.4, 0.5) is 11.4 Å². The van der Waals surface area contributed by atoms with E-state index in [-0.39, 0.29) is 30.2 Å². The monoisotopic (exact) mass is 371 g/mol. The van der Waals surface area contributed by atoms with Gasteiger partial charge in [-0.05, 0) is 49.2 Å². The average Bonchev–Trinajstić information content (AvgIpc) is 3.47. The Balaban J connectivity index is 1.61. The van der Waals surface area contributed by atoms with E-state index in [1.54, 1.807) is 48.5 Å². The molecule has 0 aliphatic heterocycles. The number of amides is 3. The van der Waals surface area contributed by atoms with E-state index in [0.29, 0.717) is 22.0 Å². The van der Waals surface area contributed by atoms with Crippen LogP contribution in [0.5, 0.6) is 0 Å². The normalized spacial score (nSPS) is 13.0. The summed E-state index contributed by atoms with van der Waals surface area (Å²) in [5, 5.41) is 8.61. The summed E-state index contributed by atoms with van der Waals surface area (Å²) in [6.07, 6.45) is 1.76. The first-order valence-corrected chi connectivity index (χ1v) is 8.64. The Morgan fingerprint density at radius 2 is 1.54 bits per heavy atom. The lowest BCUT2D eigenvalue weighted by molar-refractivity contribution is -0.125. The predicted molar refractivity (Wildman–Crippen MR) is 100 cm³/mol. The van der Waals surface area contributed by atoms with Crippen molar-refractivity contribution in [3.63, 3.8) is 0 Å². The first-order chi connectivity index (χ1) is 12.5. The number of rotatable bonds is 6. The molecular formula is C19H18ClN3O3. The van der Waals surface area contributed by atoms with Crippen LogP contribution in [-0.4, -0.2) is 24.3 Å². The second-order valence-corrected chi connectivity index (χ2v) is 6.48. The van der Waals surface area contributed by atoms with Gasteiger partial charge < -0.3 is 16.0 Å². The zero-order valence-electron chi connectivity index (χ0n) is 13.9. The van der Waals surface area contributed by atoms with E-state index >= 15 is 0 Å². The van der Waals surface area contributed by atoms with Gasteiger partial charge in [-0.25, -0.2) is 0 Å². The molecule has 6 nitrogen and oxygen atoms in total. The number of carbonyl (C=O) groups excluding carboxylic acids is 3. The molecule has 3 rings (SSSR count). The van der Waals surface area contributed by atoms with Crippen molar-refractivity contribution in [1.29, 1.82) is 0 Å². The van der Waals surface area contributed by atoms with Crippen molar-refractivity contribution >= 4 is 40.7 Å². The molecule has 26 heavy (non-hydrogen) atoms. The van der Waals surface area contributed by atoms with Gasteiger partial charge >= 0.3 is 0 Å². The van der Waals surface area contributed by atoms with Crippen LogP contribution in [0.3, 0.4) is 0 Å². The van der Waals surface area contributed by atoms with Gasteiger partial charge in [0.1, 0.15) is 0 Å². The Labute approximate surface area is 155 Å². The highest BCUT2D eigenvalue weighted by Crippen LogP contribution is 2.28. The van der Waals surface area contributed by atoms with E-state index in [1.807, 2.05) is 0 Å². The smallest absolute Gasteiger partial charge is 0.255 e. The van der Waals surface area contributed by atoms with Crippen molar-refractivity contribution in [3.8, 4) is 0 Å². The van der Waals surface area contributed by atoms with Crippen molar-refractivity contribution in [2.75, 3.05) is 17.2 Å². The Morgan fingerprint density at radius 3 is 2.15 bits per heavy atom. The molecule has 0 bridgehead atoms. The Morgan fingerprint density at radius 1 is 0.923 bits per heavy atom. The molecule has 1 saturated carbocycles. The summed E-state index contributed by atoms with van der Waals surface area (Å²) in [5.74, 6) is -0.712. The van der Waals surface area contributed by atoms with Gasteiger partial charge in [-0.1, -0.05) is 23.7 Å². The van der Waals surface area contributed by atoms with Crippen molar-refractivity contribution < 1.29 is 14.4 Å². The van der Waals surface area contributed by atoms with Crippen LogP contribution in [0.1, 0.15) is 23.2 Å². The Hall–Kier alpha value is -2.86. The molecule has 3 N–H and O–H groups in total. The minimum atomic E-state index is -0.354. The molecule has 2 aromatic carbocycles. The summed E-state index contributed by atoms with van der Waals surface area (Å²) in [6.45, 7) is -0.102. The topological polar surface area (TPSA) is 87.3 Å². The molecule has 0 unspecified atom stereocenters. The Kier molecular flexibility index (Phi) is 5.53. The minimum absolute atomic E-state index is 0.0498. The van der Waals surface area contributed by atoms with Crippen molar-refractivity contribution in [2.24, 2.45) is 5.92 Å². The van der Waals surface area contributed by atoms with E-state index in [4.69, 9.17) is 11.6 Å². The van der Waals surface area contributed by atoms with Crippen LogP contribution in [-0.2, 0) is 9.59 Å². The predicted octanol–water partition coefficient (Wildman–Crippen LogP) is 3.06. The van der Waals surface area contributed by atoms with E-state index in [2.05, 4.69) is 16.0 Å². The van der Waals surface area contributed by atoms with Crippen molar-refractivity contribution in [2.45, 2.75) is 12.8 Å². The molecule has 3 amide bonds. The molecule has 0 aromatic heterocycles. The maximum atomic E-state index is 12.3. The maximum absolute atomic E-state index is 12.3. The summed E-state index contributed by atoms with van der Waals surface area (Å²) in [7, 11) is 0. The fraction of sp³-hybridized carbons (Fsp3) is 0.211. The molecule has 0 radical (unpaired) electrons. The fourth-order valence-electron chi connectivity index (χ4n) is 2.35. The highest BCUT2D eigenvalue weighted by Gasteiger charge is 2.29. The molecule has 0 spiro atoms. The van der Waals surface area contributed by atoms with Crippen LogP contribution >= 0.6 is 11.6 Å². The van der Waals surface area contributed by atoms with Gasteiger partial charge in [0.05, 0.1) is 17.9 Å². The van der Waals surface area contributed by atoms with Gasteiger partial charge in [-0.2, -0.15) is 0 Å². The molecule has 0 saturated heterocycles. The SMILES string of the molecule is O=C(CNC(=O)C1CC1)Nc1ccccc1NC(=O)c1ccc(Cl)cc1. The fourth-order valence-corrected chi connectivity index (χ4v) is 2.47. The first kappa shape index (κ1) is 17.9. The third-order valence-corrected chi connectivity index (χ3v) is 4.18. The van der Waals surface area contributed by atoms with Crippen molar-refractivity contribution in [3.05, 3.63) is 59.1 Å². The van der Waals surface area contributed by atoms with Gasteiger partial charge in [0.2, 0.25) is 11.8 Å². The zero-order chi connectivity index (χ0) is 18.5. The molecule has 1 aliphatic rings. The number of nitrogens with one attached hydrogen (secondary N) is 3. The third-order valence-electron chi connectivity index (χ3n) is 3.93. The molecule has 0 atom stereocenters.